The first-order chi connectivity index (χ1) is 9.76. The van der Waals surface area contributed by atoms with Gasteiger partial charge >= 0.3 is 0 Å². The summed E-state index contributed by atoms with van der Waals surface area (Å²) in [6.07, 6.45) is 8.18. The monoisotopic (exact) mass is 339 g/mol. The molecule has 20 heavy (non-hydrogen) atoms. The molecule has 2 nitrogen and oxygen atoms in total. The van der Waals surface area contributed by atoms with Crippen LogP contribution in [0.25, 0.3) is 0 Å². The molecule has 1 saturated carbocycles. The van der Waals surface area contributed by atoms with Crippen molar-refractivity contribution in [1.29, 1.82) is 0 Å². The topological polar surface area (TPSA) is 21.3 Å². The second-order valence-corrected chi connectivity index (χ2v) is 6.59. The lowest BCUT2D eigenvalue weighted by atomic mass is 9.86. The number of ether oxygens (including phenoxy) is 1. The molecule has 112 valence electrons. The standard InChI is InChI=1S/C17H26BrNO/c1-3-19-17(13-8-6-4-5-7-9-13)15-11-10-14(18)12-16(15)20-2/h10-13,17,19H,3-9H2,1-2H3. The molecule has 1 fully saturated rings. The first kappa shape index (κ1) is 15.8. The second kappa shape index (κ2) is 8.04. The average molecular weight is 340 g/mol. The summed E-state index contributed by atoms with van der Waals surface area (Å²) in [4.78, 5) is 0. The first-order valence-corrected chi connectivity index (χ1v) is 8.62. The Bertz CT molecular complexity index is 413. The van der Waals surface area contributed by atoms with Gasteiger partial charge in [-0.2, -0.15) is 0 Å². The summed E-state index contributed by atoms with van der Waals surface area (Å²) in [5, 5.41) is 3.70. The summed E-state index contributed by atoms with van der Waals surface area (Å²) in [6, 6.07) is 6.83. The van der Waals surface area contributed by atoms with Crippen molar-refractivity contribution in [2.45, 2.75) is 51.5 Å². The van der Waals surface area contributed by atoms with Crippen molar-refractivity contribution >= 4 is 15.9 Å². The zero-order valence-corrected chi connectivity index (χ0v) is 14.2. The second-order valence-electron chi connectivity index (χ2n) is 5.67. The summed E-state index contributed by atoms with van der Waals surface area (Å²) in [5.74, 6) is 1.72. The van der Waals surface area contributed by atoms with Crippen molar-refractivity contribution in [3.05, 3.63) is 28.2 Å². The van der Waals surface area contributed by atoms with Crippen LogP contribution in [0.5, 0.6) is 5.75 Å². The van der Waals surface area contributed by atoms with Crippen LogP contribution in [-0.2, 0) is 0 Å². The molecule has 0 aliphatic heterocycles. The molecule has 1 atom stereocenters. The van der Waals surface area contributed by atoms with Gasteiger partial charge in [0.15, 0.2) is 0 Å². The highest BCUT2D eigenvalue weighted by atomic mass is 79.9. The molecular weight excluding hydrogens is 314 g/mol. The molecule has 1 aliphatic rings. The van der Waals surface area contributed by atoms with Crippen LogP contribution in [0.15, 0.2) is 22.7 Å². The quantitative estimate of drug-likeness (QED) is 0.755. The minimum absolute atomic E-state index is 0.418. The van der Waals surface area contributed by atoms with Crippen molar-refractivity contribution in [1.82, 2.24) is 5.32 Å². The Morgan fingerprint density at radius 1 is 1.25 bits per heavy atom. The Hall–Kier alpha value is -0.540. The number of benzene rings is 1. The van der Waals surface area contributed by atoms with E-state index in [1.807, 2.05) is 0 Å². The summed E-state index contributed by atoms with van der Waals surface area (Å²) < 4.78 is 6.68. The maximum atomic E-state index is 5.61. The normalized spacial score (nSPS) is 18.6. The van der Waals surface area contributed by atoms with Crippen LogP contribution in [0.4, 0.5) is 0 Å². The molecule has 0 bridgehead atoms. The molecule has 0 amide bonds. The molecule has 1 aromatic carbocycles. The van der Waals surface area contributed by atoms with Crippen LogP contribution < -0.4 is 10.1 Å². The fourth-order valence-corrected chi connectivity index (χ4v) is 3.68. The number of hydrogen-bond acceptors (Lipinski definition) is 2. The lowest BCUT2D eigenvalue weighted by molar-refractivity contribution is 0.316. The van der Waals surface area contributed by atoms with E-state index < -0.39 is 0 Å². The fraction of sp³-hybridized carbons (Fsp3) is 0.647. The maximum Gasteiger partial charge on any atom is 0.124 e. The highest BCUT2D eigenvalue weighted by Gasteiger charge is 2.25. The first-order valence-electron chi connectivity index (χ1n) is 7.83. The van der Waals surface area contributed by atoms with Gasteiger partial charge in [-0.3, -0.25) is 0 Å². The van der Waals surface area contributed by atoms with Crippen molar-refractivity contribution in [2.75, 3.05) is 13.7 Å². The van der Waals surface area contributed by atoms with Crippen LogP contribution in [-0.4, -0.2) is 13.7 Å². The van der Waals surface area contributed by atoms with E-state index in [1.165, 1.54) is 44.1 Å². The summed E-state index contributed by atoms with van der Waals surface area (Å²) in [7, 11) is 1.77. The van der Waals surface area contributed by atoms with Gasteiger partial charge in [0.25, 0.3) is 0 Å². The van der Waals surface area contributed by atoms with E-state index in [0.717, 1.165) is 22.7 Å². The molecule has 1 aromatic rings. The molecule has 3 heteroatoms. The molecule has 0 saturated heterocycles. The Morgan fingerprint density at radius 3 is 2.55 bits per heavy atom. The van der Waals surface area contributed by atoms with E-state index in [4.69, 9.17) is 4.74 Å². The fourth-order valence-electron chi connectivity index (χ4n) is 3.34. The maximum absolute atomic E-state index is 5.61. The van der Waals surface area contributed by atoms with Gasteiger partial charge in [-0.05, 0) is 37.4 Å². The number of rotatable bonds is 5. The third-order valence-corrected chi connectivity index (χ3v) is 4.82. The van der Waals surface area contributed by atoms with Gasteiger partial charge in [-0.15, -0.1) is 0 Å². The molecule has 2 rings (SSSR count). The van der Waals surface area contributed by atoms with Gasteiger partial charge in [0.05, 0.1) is 7.11 Å². The number of nitrogens with one attached hydrogen (secondary N) is 1. The lowest BCUT2D eigenvalue weighted by Crippen LogP contribution is -2.28. The van der Waals surface area contributed by atoms with Crippen molar-refractivity contribution in [2.24, 2.45) is 5.92 Å². The van der Waals surface area contributed by atoms with Gasteiger partial charge in [-0.1, -0.05) is 54.6 Å². The summed E-state index contributed by atoms with van der Waals surface area (Å²) >= 11 is 3.53. The van der Waals surface area contributed by atoms with Gasteiger partial charge in [0.2, 0.25) is 0 Å². The van der Waals surface area contributed by atoms with E-state index >= 15 is 0 Å². The van der Waals surface area contributed by atoms with Crippen LogP contribution in [0.1, 0.15) is 57.1 Å². The molecule has 0 radical (unpaired) electrons. The molecule has 0 aromatic heterocycles. The van der Waals surface area contributed by atoms with E-state index in [2.05, 4.69) is 46.4 Å². The van der Waals surface area contributed by atoms with Crippen LogP contribution in [0.2, 0.25) is 0 Å². The molecular formula is C17H26BrNO. The minimum atomic E-state index is 0.418. The van der Waals surface area contributed by atoms with Crippen molar-refractivity contribution < 1.29 is 4.74 Å². The molecule has 1 unspecified atom stereocenters. The third kappa shape index (κ3) is 3.98. The predicted molar refractivity (Wildman–Crippen MR) is 88.3 cm³/mol. The highest BCUT2D eigenvalue weighted by molar-refractivity contribution is 9.10. The van der Waals surface area contributed by atoms with E-state index in [-0.39, 0.29) is 0 Å². The summed E-state index contributed by atoms with van der Waals surface area (Å²) in [6.45, 7) is 3.19. The Morgan fingerprint density at radius 2 is 1.95 bits per heavy atom. The predicted octanol–water partition coefficient (Wildman–Crippen LogP) is 5.08. The molecule has 0 spiro atoms. The number of hydrogen-bond donors (Lipinski definition) is 1. The van der Waals surface area contributed by atoms with Crippen LogP contribution >= 0.6 is 15.9 Å². The molecule has 0 heterocycles. The highest BCUT2D eigenvalue weighted by Crippen LogP contribution is 2.38. The van der Waals surface area contributed by atoms with Gasteiger partial charge < -0.3 is 10.1 Å². The van der Waals surface area contributed by atoms with Crippen LogP contribution in [0.3, 0.4) is 0 Å². The third-order valence-electron chi connectivity index (χ3n) is 4.33. The molecule has 1 N–H and O–H groups in total. The Balaban J connectivity index is 2.26. The van der Waals surface area contributed by atoms with E-state index in [0.29, 0.717) is 6.04 Å². The number of halogens is 1. The number of methoxy groups -OCH3 is 1. The minimum Gasteiger partial charge on any atom is -0.496 e. The SMILES string of the molecule is CCNC(c1ccc(Br)cc1OC)C1CCCCCC1. The zero-order valence-electron chi connectivity index (χ0n) is 12.6. The smallest absolute Gasteiger partial charge is 0.124 e. The van der Waals surface area contributed by atoms with E-state index in [9.17, 15) is 0 Å². The largest absolute Gasteiger partial charge is 0.496 e. The van der Waals surface area contributed by atoms with Gasteiger partial charge in [-0.25, -0.2) is 0 Å². The Labute approximate surface area is 131 Å². The van der Waals surface area contributed by atoms with Gasteiger partial charge in [0, 0.05) is 16.1 Å². The van der Waals surface area contributed by atoms with Crippen molar-refractivity contribution in [3.63, 3.8) is 0 Å². The van der Waals surface area contributed by atoms with Crippen molar-refractivity contribution in [3.8, 4) is 5.75 Å². The average Bonchev–Trinajstić information content (AvgIpc) is 2.74. The molecule has 1 aliphatic carbocycles. The lowest BCUT2D eigenvalue weighted by Gasteiger charge is -2.28. The van der Waals surface area contributed by atoms with Crippen LogP contribution in [0, 0.1) is 5.92 Å². The van der Waals surface area contributed by atoms with Gasteiger partial charge in [0.1, 0.15) is 5.75 Å². The zero-order chi connectivity index (χ0) is 14.4. The summed E-state index contributed by atoms with van der Waals surface area (Å²) in [5.41, 5.74) is 1.31. The Kier molecular flexibility index (Phi) is 6.37. The van der Waals surface area contributed by atoms with E-state index in [1.54, 1.807) is 7.11 Å².